The van der Waals surface area contributed by atoms with Crippen LogP contribution >= 0.6 is 23.1 Å². The van der Waals surface area contributed by atoms with Gasteiger partial charge in [0.05, 0.1) is 0 Å². The van der Waals surface area contributed by atoms with Gasteiger partial charge in [-0.2, -0.15) is 0 Å². The molecule has 0 saturated carbocycles. The van der Waals surface area contributed by atoms with Gasteiger partial charge in [0.25, 0.3) is 0 Å². The molecule has 2 aromatic heterocycles. The van der Waals surface area contributed by atoms with Crippen molar-refractivity contribution in [2.75, 3.05) is 6.26 Å². The van der Waals surface area contributed by atoms with E-state index in [0.717, 1.165) is 15.1 Å². The second-order valence-electron chi connectivity index (χ2n) is 2.63. The number of fused-ring (bicyclic) bond motifs is 1. The Bertz CT molecular complexity index is 493. The van der Waals surface area contributed by atoms with E-state index in [2.05, 4.69) is 4.98 Å². The lowest BCUT2D eigenvalue weighted by Gasteiger charge is -1.94. The molecule has 0 saturated heterocycles. The summed E-state index contributed by atoms with van der Waals surface area (Å²) in [6.07, 6.45) is 3.55. The van der Waals surface area contributed by atoms with E-state index in [9.17, 15) is 4.79 Å². The third-order valence-corrected chi connectivity index (χ3v) is 3.88. The number of pyridine rings is 1. The second-order valence-corrected chi connectivity index (χ2v) is 4.44. The van der Waals surface area contributed by atoms with Gasteiger partial charge >= 0.3 is 5.97 Å². The fraction of sp³-hybridized carbons (Fsp3) is 0.111. The van der Waals surface area contributed by atoms with Crippen LogP contribution in [0.2, 0.25) is 0 Å². The lowest BCUT2D eigenvalue weighted by Crippen LogP contribution is -1.92. The molecule has 0 amide bonds. The number of rotatable bonds is 2. The summed E-state index contributed by atoms with van der Waals surface area (Å²) in [5, 5.41) is 9.90. The number of thioether (sulfide) groups is 1. The number of carbonyl (C=O) groups is 1. The highest BCUT2D eigenvalue weighted by Crippen LogP contribution is 2.35. The first-order chi connectivity index (χ1) is 6.74. The topological polar surface area (TPSA) is 50.2 Å². The highest BCUT2D eigenvalue weighted by Gasteiger charge is 2.16. The average molecular weight is 225 g/mol. The Morgan fingerprint density at radius 1 is 1.64 bits per heavy atom. The molecule has 0 radical (unpaired) electrons. The van der Waals surface area contributed by atoms with Gasteiger partial charge in [-0.1, -0.05) is 0 Å². The van der Waals surface area contributed by atoms with Crippen LogP contribution in [0.25, 0.3) is 10.2 Å². The SMILES string of the molecule is CSc1c(C(=O)O)sc2ncccc12. The van der Waals surface area contributed by atoms with Gasteiger partial charge < -0.3 is 5.11 Å². The van der Waals surface area contributed by atoms with Gasteiger partial charge in [0.1, 0.15) is 9.71 Å². The molecule has 0 bridgehead atoms. The van der Waals surface area contributed by atoms with Crippen LogP contribution in [0, 0.1) is 0 Å². The average Bonchev–Trinajstić information content (AvgIpc) is 2.56. The predicted molar refractivity (Wildman–Crippen MR) is 58.4 cm³/mol. The van der Waals surface area contributed by atoms with Crippen molar-refractivity contribution in [1.29, 1.82) is 0 Å². The van der Waals surface area contributed by atoms with Crippen LogP contribution < -0.4 is 0 Å². The third kappa shape index (κ3) is 1.38. The molecular weight excluding hydrogens is 218 g/mol. The molecular formula is C9H7NO2S2. The van der Waals surface area contributed by atoms with Crippen LogP contribution in [0.3, 0.4) is 0 Å². The minimum Gasteiger partial charge on any atom is -0.477 e. The molecule has 1 N–H and O–H groups in total. The smallest absolute Gasteiger partial charge is 0.347 e. The maximum Gasteiger partial charge on any atom is 0.347 e. The molecule has 0 unspecified atom stereocenters. The minimum absolute atomic E-state index is 0.381. The summed E-state index contributed by atoms with van der Waals surface area (Å²) in [5.41, 5.74) is 0. The first-order valence-electron chi connectivity index (χ1n) is 3.89. The van der Waals surface area contributed by atoms with E-state index in [1.54, 1.807) is 6.20 Å². The van der Waals surface area contributed by atoms with E-state index in [1.807, 2.05) is 18.4 Å². The van der Waals surface area contributed by atoms with Crippen molar-refractivity contribution >= 4 is 39.3 Å². The number of carboxylic acid groups (broad SMARTS) is 1. The molecule has 72 valence electrons. The summed E-state index contributed by atoms with van der Waals surface area (Å²) in [6.45, 7) is 0. The van der Waals surface area contributed by atoms with Gasteiger partial charge in [-0.15, -0.1) is 23.1 Å². The van der Waals surface area contributed by atoms with Gasteiger partial charge in [0, 0.05) is 16.5 Å². The van der Waals surface area contributed by atoms with Crippen LogP contribution in [0.15, 0.2) is 23.2 Å². The Morgan fingerprint density at radius 3 is 3.07 bits per heavy atom. The van der Waals surface area contributed by atoms with Crippen molar-refractivity contribution in [3.63, 3.8) is 0 Å². The Labute approximate surface area is 88.8 Å². The molecule has 2 rings (SSSR count). The summed E-state index contributed by atoms with van der Waals surface area (Å²) in [4.78, 5) is 17.0. The monoisotopic (exact) mass is 225 g/mol. The highest BCUT2D eigenvalue weighted by atomic mass is 32.2. The summed E-state index contributed by atoms with van der Waals surface area (Å²) in [7, 11) is 0. The first-order valence-corrected chi connectivity index (χ1v) is 5.93. The summed E-state index contributed by atoms with van der Waals surface area (Å²) in [5.74, 6) is -0.877. The molecule has 0 aliphatic rings. The van der Waals surface area contributed by atoms with Crippen molar-refractivity contribution in [3.8, 4) is 0 Å². The van der Waals surface area contributed by atoms with Crippen LogP contribution in [0.1, 0.15) is 9.67 Å². The molecule has 0 aliphatic carbocycles. The molecule has 5 heteroatoms. The number of nitrogens with zero attached hydrogens (tertiary/aromatic N) is 1. The van der Waals surface area contributed by atoms with Gasteiger partial charge in [0.2, 0.25) is 0 Å². The minimum atomic E-state index is -0.877. The zero-order chi connectivity index (χ0) is 10.1. The largest absolute Gasteiger partial charge is 0.477 e. The number of aromatic carboxylic acids is 1. The van der Waals surface area contributed by atoms with Crippen LogP contribution in [-0.2, 0) is 0 Å². The van der Waals surface area contributed by atoms with Crippen LogP contribution in [0.5, 0.6) is 0 Å². The van der Waals surface area contributed by atoms with E-state index >= 15 is 0 Å². The van der Waals surface area contributed by atoms with Crippen LogP contribution in [-0.4, -0.2) is 22.3 Å². The summed E-state index contributed by atoms with van der Waals surface area (Å²) >= 11 is 2.67. The van der Waals surface area contributed by atoms with Crippen molar-refractivity contribution in [3.05, 3.63) is 23.2 Å². The summed E-state index contributed by atoms with van der Waals surface area (Å²) in [6, 6.07) is 3.72. The molecule has 3 nitrogen and oxygen atoms in total. The number of hydrogen-bond donors (Lipinski definition) is 1. The molecule has 0 fully saturated rings. The fourth-order valence-electron chi connectivity index (χ4n) is 1.25. The highest BCUT2D eigenvalue weighted by molar-refractivity contribution is 7.99. The van der Waals surface area contributed by atoms with Gasteiger partial charge in [-0.05, 0) is 18.4 Å². The van der Waals surface area contributed by atoms with E-state index in [-0.39, 0.29) is 0 Å². The fourth-order valence-corrected chi connectivity index (χ4v) is 3.23. The molecule has 14 heavy (non-hydrogen) atoms. The number of thiophene rings is 1. The maximum absolute atomic E-state index is 10.9. The quantitative estimate of drug-likeness (QED) is 0.798. The maximum atomic E-state index is 10.9. The first kappa shape index (κ1) is 9.48. The van der Waals surface area contributed by atoms with Crippen molar-refractivity contribution in [2.24, 2.45) is 0 Å². The molecule has 2 heterocycles. The van der Waals surface area contributed by atoms with Crippen molar-refractivity contribution in [1.82, 2.24) is 4.98 Å². The Kier molecular flexibility index (Phi) is 2.43. The Balaban J connectivity index is 2.78. The van der Waals surface area contributed by atoms with Crippen molar-refractivity contribution < 1.29 is 9.90 Å². The number of aromatic nitrogens is 1. The number of carboxylic acids is 1. The van der Waals surface area contributed by atoms with E-state index in [4.69, 9.17) is 5.11 Å². The molecule has 0 aliphatic heterocycles. The summed E-state index contributed by atoms with van der Waals surface area (Å²) < 4.78 is 0. The lowest BCUT2D eigenvalue weighted by atomic mass is 10.3. The Hall–Kier alpha value is -1.07. The van der Waals surface area contributed by atoms with E-state index in [0.29, 0.717) is 4.88 Å². The zero-order valence-electron chi connectivity index (χ0n) is 7.35. The zero-order valence-corrected chi connectivity index (χ0v) is 8.98. The molecule has 0 spiro atoms. The Morgan fingerprint density at radius 2 is 2.43 bits per heavy atom. The van der Waals surface area contributed by atoms with Gasteiger partial charge in [-0.3, -0.25) is 0 Å². The second kappa shape index (κ2) is 3.59. The standard InChI is InChI=1S/C9H7NO2S2/c1-13-6-5-3-2-4-10-8(5)14-7(6)9(11)12/h2-4H,1H3,(H,11,12). The molecule has 2 aromatic rings. The van der Waals surface area contributed by atoms with Crippen LogP contribution in [0.4, 0.5) is 0 Å². The predicted octanol–water partition coefficient (Wildman–Crippen LogP) is 2.72. The lowest BCUT2D eigenvalue weighted by molar-refractivity contribution is 0.0699. The van der Waals surface area contributed by atoms with Gasteiger partial charge in [-0.25, -0.2) is 9.78 Å². The van der Waals surface area contributed by atoms with E-state index < -0.39 is 5.97 Å². The van der Waals surface area contributed by atoms with Crippen molar-refractivity contribution in [2.45, 2.75) is 4.90 Å². The number of hydrogen-bond acceptors (Lipinski definition) is 4. The third-order valence-electron chi connectivity index (χ3n) is 1.82. The molecule has 0 atom stereocenters. The van der Waals surface area contributed by atoms with E-state index in [1.165, 1.54) is 23.1 Å². The normalized spacial score (nSPS) is 10.6. The van der Waals surface area contributed by atoms with Gasteiger partial charge in [0.15, 0.2) is 0 Å². The molecule has 0 aromatic carbocycles.